The predicted octanol–water partition coefficient (Wildman–Crippen LogP) is 2.77. The van der Waals surface area contributed by atoms with E-state index < -0.39 is 0 Å². The second-order valence-corrected chi connectivity index (χ2v) is 6.35. The minimum absolute atomic E-state index is 0.181. The standard InChI is InChI=1S/C18H21N3O2/c1-19-10-4-6-14(19)12-20-11-5-7-15(13-20)21-16-8-2-3-9-17(16)23-18(21)22/h2-4,6,8-10,15H,5,7,11-13H2,1H3. The van der Waals surface area contributed by atoms with Crippen molar-refractivity contribution >= 4 is 11.1 Å². The smallest absolute Gasteiger partial charge is 0.408 e. The summed E-state index contributed by atoms with van der Waals surface area (Å²) in [5, 5.41) is 0. The van der Waals surface area contributed by atoms with E-state index in [1.807, 2.05) is 28.8 Å². The monoisotopic (exact) mass is 311 g/mol. The molecule has 1 saturated heterocycles. The number of para-hydroxylation sites is 2. The number of oxazole rings is 1. The zero-order valence-electron chi connectivity index (χ0n) is 13.3. The lowest BCUT2D eigenvalue weighted by atomic mass is 10.0. The van der Waals surface area contributed by atoms with Crippen molar-refractivity contribution in [1.29, 1.82) is 0 Å². The molecule has 0 radical (unpaired) electrons. The van der Waals surface area contributed by atoms with Crippen LogP contribution in [0.15, 0.2) is 51.8 Å². The normalized spacial score (nSPS) is 19.4. The van der Waals surface area contributed by atoms with E-state index in [1.54, 1.807) is 0 Å². The SMILES string of the molecule is Cn1cccc1CN1CCCC(n2c(=O)oc3ccccc32)C1. The number of hydrogen-bond donors (Lipinski definition) is 0. The van der Waals surface area contributed by atoms with Crippen LogP contribution in [0.1, 0.15) is 24.6 Å². The van der Waals surface area contributed by atoms with Crippen LogP contribution in [0.3, 0.4) is 0 Å². The average Bonchev–Trinajstić information content (AvgIpc) is 3.10. The van der Waals surface area contributed by atoms with Gasteiger partial charge in [-0.15, -0.1) is 0 Å². The van der Waals surface area contributed by atoms with Crippen LogP contribution in [0.25, 0.3) is 11.1 Å². The Morgan fingerprint density at radius 3 is 2.91 bits per heavy atom. The molecule has 120 valence electrons. The Kier molecular flexibility index (Phi) is 3.58. The van der Waals surface area contributed by atoms with E-state index in [-0.39, 0.29) is 11.8 Å². The van der Waals surface area contributed by atoms with Gasteiger partial charge in [0.25, 0.3) is 0 Å². The highest BCUT2D eigenvalue weighted by atomic mass is 16.4. The molecule has 1 aliphatic heterocycles. The molecule has 0 aliphatic carbocycles. The molecule has 3 aromatic rings. The van der Waals surface area contributed by atoms with Crippen molar-refractivity contribution in [2.75, 3.05) is 13.1 Å². The maximum absolute atomic E-state index is 12.3. The van der Waals surface area contributed by atoms with Gasteiger partial charge in [0.2, 0.25) is 0 Å². The summed E-state index contributed by atoms with van der Waals surface area (Å²) in [6.07, 6.45) is 4.19. The van der Waals surface area contributed by atoms with E-state index in [0.717, 1.165) is 38.0 Å². The first-order chi connectivity index (χ1) is 11.2. The Balaban J connectivity index is 1.60. The van der Waals surface area contributed by atoms with Crippen molar-refractivity contribution < 1.29 is 4.42 Å². The lowest BCUT2D eigenvalue weighted by Gasteiger charge is -2.33. The molecule has 0 spiro atoms. The van der Waals surface area contributed by atoms with E-state index in [1.165, 1.54) is 5.69 Å². The fourth-order valence-corrected chi connectivity index (χ4v) is 3.61. The number of piperidine rings is 1. The predicted molar refractivity (Wildman–Crippen MR) is 89.4 cm³/mol. The summed E-state index contributed by atoms with van der Waals surface area (Å²) in [6.45, 7) is 2.88. The summed E-state index contributed by atoms with van der Waals surface area (Å²) in [5.74, 6) is -0.239. The topological polar surface area (TPSA) is 43.3 Å². The third kappa shape index (κ3) is 2.61. The lowest BCUT2D eigenvalue weighted by Crippen LogP contribution is -2.38. The third-order valence-corrected chi connectivity index (χ3v) is 4.80. The molecule has 4 rings (SSSR count). The first-order valence-electron chi connectivity index (χ1n) is 8.15. The highest BCUT2D eigenvalue weighted by Crippen LogP contribution is 2.25. The number of aromatic nitrogens is 2. The summed E-state index contributed by atoms with van der Waals surface area (Å²) < 4.78 is 9.39. The molecule has 3 heterocycles. The average molecular weight is 311 g/mol. The maximum Gasteiger partial charge on any atom is 0.420 e. The minimum Gasteiger partial charge on any atom is -0.408 e. The molecule has 0 saturated carbocycles. The summed E-state index contributed by atoms with van der Waals surface area (Å²) in [5.41, 5.74) is 2.88. The Morgan fingerprint density at radius 1 is 1.22 bits per heavy atom. The van der Waals surface area contributed by atoms with Gasteiger partial charge in [-0.2, -0.15) is 0 Å². The van der Waals surface area contributed by atoms with Crippen molar-refractivity contribution in [3.63, 3.8) is 0 Å². The van der Waals surface area contributed by atoms with Crippen LogP contribution in [0.5, 0.6) is 0 Å². The van der Waals surface area contributed by atoms with Gasteiger partial charge in [0, 0.05) is 32.0 Å². The fraction of sp³-hybridized carbons (Fsp3) is 0.389. The molecule has 1 fully saturated rings. The van der Waals surface area contributed by atoms with Gasteiger partial charge in [-0.1, -0.05) is 12.1 Å². The summed E-state index contributed by atoms with van der Waals surface area (Å²) in [6, 6.07) is 12.1. The number of nitrogens with zero attached hydrogens (tertiary/aromatic N) is 3. The zero-order valence-corrected chi connectivity index (χ0v) is 13.3. The van der Waals surface area contributed by atoms with E-state index in [9.17, 15) is 4.79 Å². The van der Waals surface area contributed by atoms with Crippen LogP contribution in [-0.2, 0) is 13.6 Å². The van der Waals surface area contributed by atoms with Crippen LogP contribution in [-0.4, -0.2) is 27.1 Å². The first kappa shape index (κ1) is 14.3. The van der Waals surface area contributed by atoms with Gasteiger partial charge < -0.3 is 8.98 Å². The molecule has 1 aliphatic rings. The van der Waals surface area contributed by atoms with E-state index in [4.69, 9.17) is 4.42 Å². The van der Waals surface area contributed by atoms with Gasteiger partial charge in [0.05, 0.1) is 11.6 Å². The number of benzene rings is 1. The molecule has 5 heteroatoms. The largest absolute Gasteiger partial charge is 0.420 e. The highest BCUT2D eigenvalue weighted by molar-refractivity contribution is 5.72. The minimum atomic E-state index is -0.239. The number of aryl methyl sites for hydroxylation is 1. The Morgan fingerprint density at radius 2 is 2.09 bits per heavy atom. The molecule has 5 nitrogen and oxygen atoms in total. The Labute approximate surface area is 134 Å². The van der Waals surface area contributed by atoms with Gasteiger partial charge >= 0.3 is 5.76 Å². The highest BCUT2D eigenvalue weighted by Gasteiger charge is 2.25. The second-order valence-electron chi connectivity index (χ2n) is 6.35. The van der Waals surface area contributed by atoms with Crippen LogP contribution >= 0.6 is 0 Å². The van der Waals surface area contributed by atoms with Crippen molar-refractivity contribution in [1.82, 2.24) is 14.0 Å². The molecule has 23 heavy (non-hydrogen) atoms. The van der Waals surface area contributed by atoms with Crippen molar-refractivity contribution in [3.05, 3.63) is 58.8 Å². The fourth-order valence-electron chi connectivity index (χ4n) is 3.61. The van der Waals surface area contributed by atoms with Gasteiger partial charge in [0.15, 0.2) is 5.58 Å². The molecular weight excluding hydrogens is 290 g/mol. The molecular formula is C18H21N3O2. The molecule has 2 aromatic heterocycles. The van der Waals surface area contributed by atoms with Gasteiger partial charge in [-0.25, -0.2) is 4.79 Å². The Hall–Kier alpha value is -2.27. The summed E-state index contributed by atoms with van der Waals surface area (Å²) in [4.78, 5) is 14.7. The number of likely N-dealkylation sites (tertiary alicyclic amines) is 1. The van der Waals surface area contributed by atoms with Gasteiger partial charge in [-0.3, -0.25) is 9.47 Å². The first-order valence-corrected chi connectivity index (χ1v) is 8.15. The second kappa shape index (κ2) is 5.74. The van der Waals surface area contributed by atoms with Crippen molar-refractivity contribution in [2.45, 2.75) is 25.4 Å². The maximum atomic E-state index is 12.3. The third-order valence-electron chi connectivity index (χ3n) is 4.80. The van der Waals surface area contributed by atoms with E-state index in [0.29, 0.717) is 5.58 Å². The van der Waals surface area contributed by atoms with Crippen LogP contribution in [0.2, 0.25) is 0 Å². The summed E-state index contributed by atoms with van der Waals surface area (Å²) >= 11 is 0. The zero-order chi connectivity index (χ0) is 15.8. The van der Waals surface area contributed by atoms with Crippen LogP contribution in [0.4, 0.5) is 0 Å². The number of rotatable bonds is 3. The molecule has 1 atom stereocenters. The summed E-state index contributed by atoms with van der Waals surface area (Å²) in [7, 11) is 2.07. The molecule has 1 unspecified atom stereocenters. The van der Waals surface area contributed by atoms with E-state index >= 15 is 0 Å². The van der Waals surface area contributed by atoms with Gasteiger partial charge in [0.1, 0.15) is 0 Å². The van der Waals surface area contributed by atoms with Gasteiger partial charge in [-0.05, 0) is 43.7 Å². The molecule has 1 aromatic carbocycles. The lowest BCUT2D eigenvalue weighted by molar-refractivity contribution is 0.165. The number of hydrogen-bond acceptors (Lipinski definition) is 3. The van der Waals surface area contributed by atoms with Crippen molar-refractivity contribution in [3.8, 4) is 0 Å². The van der Waals surface area contributed by atoms with Crippen LogP contribution < -0.4 is 5.76 Å². The molecule has 0 amide bonds. The quantitative estimate of drug-likeness (QED) is 0.747. The molecule has 0 bridgehead atoms. The Bertz CT molecular complexity index is 874. The molecule has 0 N–H and O–H groups in total. The van der Waals surface area contributed by atoms with Crippen LogP contribution in [0, 0.1) is 0 Å². The van der Waals surface area contributed by atoms with Crippen molar-refractivity contribution in [2.24, 2.45) is 7.05 Å². The van der Waals surface area contributed by atoms with E-state index in [2.05, 4.69) is 34.8 Å². The number of fused-ring (bicyclic) bond motifs is 1.